The van der Waals surface area contributed by atoms with Gasteiger partial charge in [-0.2, -0.15) is 4.68 Å². The molecule has 0 fully saturated rings. The fourth-order valence-corrected chi connectivity index (χ4v) is 4.62. The van der Waals surface area contributed by atoms with Crippen molar-refractivity contribution in [3.05, 3.63) is 58.5 Å². The van der Waals surface area contributed by atoms with Crippen molar-refractivity contribution in [2.45, 2.75) is 12.2 Å². The van der Waals surface area contributed by atoms with Gasteiger partial charge in [0.15, 0.2) is 9.84 Å². The van der Waals surface area contributed by atoms with E-state index in [0.717, 1.165) is 5.56 Å². The Morgan fingerprint density at radius 3 is 2.73 bits per heavy atom. The molecular formula is C16H17N5O3S2. The Hall–Kier alpha value is -2.59. The first-order valence-corrected chi connectivity index (χ1v) is 10.6. The molecular weight excluding hydrogens is 374 g/mol. The summed E-state index contributed by atoms with van der Waals surface area (Å²) in [5.41, 5.74) is 1.36. The topological polar surface area (TPSA) is 107 Å². The van der Waals surface area contributed by atoms with E-state index in [4.69, 9.17) is 0 Å². The monoisotopic (exact) mass is 391 g/mol. The average Bonchev–Trinajstić information content (AvgIpc) is 3.29. The summed E-state index contributed by atoms with van der Waals surface area (Å²) in [7, 11) is -3.21. The van der Waals surface area contributed by atoms with Crippen LogP contribution in [0.1, 0.15) is 21.7 Å². The van der Waals surface area contributed by atoms with Crippen LogP contribution in [0.15, 0.2) is 48.1 Å². The molecule has 1 N–H and O–H groups in total. The van der Waals surface area contributed by atoms with Gasteiger partial charge in [-0.15, -0.1) is 16.4 Å². The molecule has 3 rings (SSSR count). The highest BCUT2D eigenvalue weighted by Gasteiger charge is 2.16. The van der Waals surface area contributed by atoms with Crippen LogP contribution >= 0.6 is 11.3 Å². The van der Waals surface area contributed by atoms with E-state index in [2.05, 4.69) is 20.8 Å². The molecule has 2 aromatic heterocycles. The number of amides is 1. The lowest BCUT2D eigenvalue weighted by atomic mass is 10.2. The zero-order valence-corrected chi connectivity index (χ0v) is 15.4. The van der Waals surface area contributed by atoms with E-state index in [-0.39, 0.29) is 24.0 Å². The van der Waals surface area contributed by atoms with Crippen molar-refractivity contribution < 1.29 is 13.2 Å². The first-order valence-electron chi connectivity index (χ1n) is 7.88. The van der Waals surface area contributed by atoms with Gasteiger partial charge < -0.3 is 5.32 Å². The second-order valence-electron chi connectivity index (χ2n) is 5.58. The number of aromatic nitrogens is 4. The minimum Gasteiger partial charge on any atom is -0.351 e. The van der Waals surface area contributed by atoms with Crippen molar-refractivity contribution in [2.24, 2.45) is 0 Å². The van der Waals surface area contributed by atoms with Crippen molar-refractivity contribution in [2.75, 3.05) is 12.3 Å². The standard InChI is InChI=1S/C16H17N5O3S2/c22-16(15-14(7-9-25-15)21-12-18-19-20-21)17-8-4-10-26(23,24)11-13-5-2-1-3-6-13/h1-3,5-7,9,12H,4,8,10-11H2,(H,17,22). The van der Waals surface area contributed by atoms with Crippen LogP contribution in [-0.2, 0) is 15.6 Å². The molecule has 0 unspecified atom stereocenters. The predicted molar refractivity (Wildman–Crippen MR) is 97.9 cm³/mol. The molecule has 0 bridgehead atoms. The molecule has 1 amide bonds. The number of rotatable bonds is 8. The Morgan fingerprint density at radius 1 is 1.19 bits per heavy atom. The zero-order chi connectivity index (χ0) is 18.4. The lowest BCUT2D eigenvalue weighted by Crippen LogP contribution is -2.26. The fraction of sp³-hybridized carbons (Fsp3) is 0.250. The summed E-state index contributed by atoms with van der Waals surface area (Å²) < 4.78 is 25.7. The van der Waals surface area contributed by atoms with Gasteiger partial charge in [0.05, 0.1) is 17.2 Å². The Bertz CT molecular complexity index is 953. The summed E-state index contributed by atoms with van der Waals surface area (Å²) in [4.78, 5) is 12.8. The summed E-state index contributed by atoms with van der Waals surface area (Å²) in [5, 5.41) is 15.4. The van der Waals surface area contributed by atoms with Crippen molar-refractivity contribution in [1.29, 1.82) is 0 Å². The van der Waals surface area contributed by atoms with E-state index in [9.17, 15) is 13.2 Å². The van der Waals surface area contributed by atoms with Crippen LogP contribution in [0.25, 0.3) is 5.69 Å². The number of hydrogen-bond acceptors (Lipinski definition) is 7. The van der Waals surface area contributed by atoms with Gasteiger partial charge in [0.25, 0.3) is 5.91 Å². The molecule has 0 aliphatic rings. The van der Waals surface area contributed by atoms with Crippen LogP contribution < -0.4 is 5.32 Å². The molecule has 0 saturated heterocycles. The molecule has 10 heteroatoms. The Balaban J connectivity index is 1.50. The number of carbonyl (C=O) groups is 1. The number of carbonyl (C=O) groups excluding carboxylic acids is 1. The summed E-state index contributed by atoms with van der Waals surface area (Å²) in [6.45, 7) is 0.278. The number of sulfone groups is 1. The van der Waals surface area contributed by atoms with Gasteiger partial charge in [0.1, 0.15) is 11.2 Å². The molecule has 0 aliphatic heterocycles. The number of tetrazole rings is 1. The summed E-state index contributed by atoms with van der Waals surface area (Å²) in [6, 6.07) is 10.8. The maximum atomic E-state index is 12.3. The minimum absolute atomic E-state index is 0.0101. The largest absolute Gasteiger partial charge is 0.351 e. The number of nitrogens with zero attached hydrogens (tertiary/aromatic N) is 4. The van der Waals surface area contributed by atoms with E-state index in [0.29, 0.717) is 17.0 Å². The predicted octanol–water partition coefficient (Wildman–Crippen LogP) is 1.46. The van der Waals surface area contributed by atoms with Gasteiger partial charge in [-0.1, -0.05) is 30.3 Å². The number of thiophene rings is 1. The molecule has 0 saturated carbocycles. The maximum Gasteiger partial charge on any atom is 0.263 e. The van der Waals surface area contributed by atoms with Gasteiger partial charge in [0, 0.05) is 6.54 Å². The lowest BCUT2D eigenvalue weighted by molar-refractivity contribution is 0.0957. The number of nitrogens with one attached hydrogen (secondary N) is 1. The van der Waals surface area contributed by atoms with Crippen LogP contribution in [0.4, 0.5) is 0 Å². The van der Waals surface area contributed by atoms with Crippen LogP contribution in [0.2, 0.25) is 0 Å². The molecule has 136 valence electrons. The molecule has 0 aliphatic carbocycles. The highest BCUT2D eigenvalue weighted by Crippen LogP contribution is 2.19. The first kappa shape index (κ1) is 18.2. The highest BCUT2D eigenvalue weighted by atomic mass is 32.2. The summed E-state index contributed by atoms with van der Waals surface area (Å²) in [5.74, 6) is -0.242. The van der Waals surface area contributed by atoms with Crippen molar-refractivity contribution >= 4 is 27.1 Å². The molecule has 26 heavy (non-hydrogen) atoms. The lowest BCUT2D eigenvalue weighted by Gasteiger charge is -2.07. The van der Waals surface area contributed by atoms with E-state index < -0.39 is 9.84 Å². The highest BCUT2D eigenvalue weighted by molar-refractivity contribution is 7.90. The van der Waals surface area contributed by atoms with Crippen LogP contribution in [0.5, 0.6) is 0 Å². The fourth-order valence-electron chi connectivity index (χ4n) is 2.40. The van der Waals surface area contributed by atoms with Crippen molar-refractivity contribution in [1.82, 2.24) is 25.5 Å². The minimum atomic E-state index is -3.21. The van der Waals surface area contributed by atoms with Gasteiger partial charge >= 0.3 is 0 Å². The third-order valence-corrected chi connectivity index (χ3v) is 6.18. The quantitative estimate of drug-likeness (QED) is 0.583. The average molecular weight is 391 g/mol. The Morgan fingerprint density at radius 2 is 2.00 bits per heavy atom. The Kier molecular flexibility index (Phi) is 5.74. The second-order valence-corrected chi connectivity index (χ2v) is 8.68. The maximum absolute atomic E-state index is 12.3. The van der Waals surface area contributed by atoms with Crippen LogP contribution in [0.3, 0.4) is 0 Å². The van der Waals surface area contributed by atoms with Crippen molar-refractivity contribution in [3.8, 4) is 5.69 Å². The molecule has 3 aromatic rings. The zero-order valence-electron chi connectivity index (χ0n) is 13.8. The third kappa shape index (κ3) is 4.73. The molecule has 0 atom stereocenters. The number of hydrogen-bond donors (Lipinski definition) is 1. The Labute approximate surface area is 154 Å². The van der Waals surface area contributed by atoms with Crippen molar-refractivity contribution in [3.63, 3.8) is 0 Å². The number of benzene rings is 1. The first-order chi connectivity index (χ1) is 12.6. The van der Waals surface area contributed by atoms with Crippen LogP contribution in [0, 0.1) is 0 Å². The summed E-state index contributed by atoms with van der Waals surface area (Å²) in [6.07, 6.45) is 1.77. The SMILES string of the molecule is O=C(NCCCS(=O)(=O)Cc1ccccc1)c1sccc1-n1cnnn1. The van der Waals surface area contributed by atoms with Crippen LogP contribution in [-0.4, -0.2) is 46.8 Å². The molecule has 0 radical (unpaired) electrons. The van der Waals surface area contributed by atoms with E-state index in [1.807, 2.05) is 18.2 Å². The van der Waals surface area contributed by atoms with Gasteiger partial charge in [-0.05, 0) is 33.9 Å². The second kappa shape index (κ2) is 8.19. The van der Waals surface area contributed by atoms with Gasteiger partial charge in [-0.3, -0.25) is 4.79 Å². The van der Waals surface area contributed by atoms with Gasteiger partial charge in [-0.25, -0.2) is 8.42 Å². The van der Waals surface area contributed by atoms with E-state index in [1.54, 1.807) is 23.6 Å². The van der Waals surface area contributed by atoms with Gasteiger partial charge in [0.2, 0.25) is 0 Å². The molecule has 8 nitrogen and oxygen atoms in total. The van der Waals surface area contributed by atoms with E-state index >= 15 is 0 Å². The normalized spacial score (nSPS) is 11.4. The molecule has 0 spiro atoms. The third-order valence-electron chi connectivity index (χ3n) is 3.59. The van der Waals surface area contributed by atoms with E-state index in [1.165, 1.54) is 22.3 Å². The molecule has 2 heterocycles. The molecule has 1 aromatic carbocycles. The summed E-state index contributed by atoms with van der Waals surface area (Å²) >= 11 is 1.27. The smallest absolute Gasteiger partial charge is 0.263 e.